The van der Waals surface area contributed by atoms with Crippen LogP contribution in [-0.4, -0.2) is 23.1 Å². The Hall–Kier alpha value is -2.36. The molecule has 0 aliphatic carbocycles. The lowest BCUT2D eigenvalue weighted by molar-refractivity contribution is -0.148. The summed E-state index contributed by atoms with van der Waals surface area (Å²) in [4.78, 5) is 23.0. The van der Waals surface area contributed by atoms with Gasteiger partial charge in [-0.1, -0.05) is 42.5 Å². The number of carboxylic acids is 1. The number of esters is 1. The minimum atomic E-state index is -0.932. The average molecular weight is 272 g/mol. The summed E-state index contributed by atoms with van der Waals surface area (Å²) in [7, 11) is 0. The normalized spacial score (nSPS) is 23.6. The average Bonchev–Trinajstić information content (AvgIpc) is 2.43. The Morgan fingerprint density at radius 3 is 2.65 bits per heavy atom. The molecule has 104 valence electrons. The lowest BCUT2D eigenvalue weighted by Crippen LogP contribution is -2.34. The number of hydrogen-bond acceptors (Lipinski definition) is 3. The quantitative estimate of drug-likeness (QED) is 0.675. The smallest absolute Gasteiger partial charge is 0.331 e. The van der Waals surface area contributed by atoms with Gasteiger partial charge >= 0.3 is 11.9 Å². The number of carbonyl (C=O) groups excluding carboxylic acids is 1. The first-order valence-corrected chi connectivity index (χ1v) is 6.43. The van der Waals surface area contributed by atoms with Crippen LogP contribution < -0.4 is 0 Å². The van der Waals surface area contributed by atoms with Crippen molar-refractivity contribution in [1.82, 2.24) is 0 Å². The van der Waals surface area contributed by atoms with Crippen molar-refractivity contribution in [1.29, 1.82) is 0 Å². The maximum absolute atomic E-state index is 11.6. The number of carboxylic acid groups (broad SMARTS) is 1. The van der Waals surface area contributed by atoms with Crippen molar-refractivity contribution in [3.63, 3.8) is 0 Å². The second kappa shape index (κ2) is 6.19. The van der Waals surface area contributed by atoms with Gasteiger partial charge in [-0.3, -0.25) is 4.79 Å². The van der Waals surface area contributed by atoms with Gasteiger partial charge in [-0.25, -0.2) is 4.79 Å². The van der Waals surface area contributed by atoms with E-state index in [1.165, 1.54) is 6.08 Å². The molecule has 1 aromatic rings. The second-order valence-electron chi connectivity index (χ2n) is 4.59. The van der Waals surface area contributed by atoms with Gasteiger partial charge in [-0.05, 0) is 18.6 Å². The Labute approximate surface area is 117 Å². The molecule has 0 saturated heterocycles. The van der Waals surface area contributed by atoms with Crippen LogP contribution in [-0.2, 0) is 14.3 Å². The lowest BCUT2D eigenvalue weighted by atomic mass is 9.81. The van der Waals surface area contributed by atoms with E-state index >= 15 is 0 Å². The molecule has 1 aromatic carbocycles. The van der Waals surface area contributed by atoms with Gasteiger partial charge in [0.05, 0.1) is 5.92 Å². The Balaban J connectivity index is 2.40. The fraction of sp³-hybridized carbons (Fsp3) is 0.250. The zero-order chi connectivity index (χ0) is 14.5. The molecule has 1 aliphatic rings. The lowest BCUT2D eigenvalue weighted by Gasteiger charge is -2.29. The van der Waals surface area contributed by atoms with E-state index in [1.54, 1.807) is 42.5 Å². The molecule has 2 rings (SSSR count). The molecule has 3 atom stereocenters. The molecule has 4 nitrogen and oxygen atoms in total. The molecule has 1 N–H and O–H groups in total. The number of ether oxygens (including phenoxy) is 1. The molecule has 0 radical (unpaired) electrons. The van der Waals surface area contributed by atoms with Crippen molar-refractivity contribution in [2.24, 2.45) is 5.92 Å². The number of carbonyl (C=O) groups is 2. The summed E-state index contributed by atoms with van der Waals surface area (Å²) in [6.07, 6.45) is 5.84. The first-order chi connectivity index (χ1) is 9.63. The van der Waals surface area contributed by atoms with E-state index in [4.69, 9.17) is 4.74 Å². The topological polar surface area (TPSA) is 63.6 Å². The molecule has 1 unspecified atom stereocenters. The number of allylic oxidation sites excluding steroid dienone is 1. The van der Waals surface area contributed by atoms with E-state index in [0.717, 1.165) is 0 Å². The highest BCUT2D eigenvalue weighted by Gasteiger charge is 2.36. The van der Waals surface area contributed by atoms with Crippen LogP contribution in [0.3, 0.4) is 0 Å². The molecule has 0 aromatic heterocycles. The van der Waals surface area contributed by atoms with Crippen LogP contribution in [0.2, 0.25) is 0 Å². The van der Waals surface area contributed by atoms with Gasteiger partial charge in [0.2, 0.25) is 0 Å². The van der Waals surface area contributed by atoms with Gasteiger partial charge in [-0.2, -0.15) is 0 Å². The minimum absolute atomic E-state index is 0.413. The van der Waals surface area contributed by atoms with E-state index in [9.17, 15) is 14.7 Å². The summed E-state index contributed by atoms with van der Waals surface area (Å²) in [6, 6.07) is 8.98. The third-order valence-electron chi connectivity index (χ3n) is 3.28. The second-order valence-corrected chi connectivity index (χ2v) is 4.59. The first kappa shape index (κ1) is 14.1. The molecule has 0 fully saturated rings. The highest BCUT2D eigenvalue weighted by Crippen LogP contribution is 2.33. The third-order valence-corrected chi connectivity index (χ3v) is 3.28. The summed E-state index contributed by atoms with van der Waals surface area (Å²) >= 11 is 0. The molecular formula is C16H16O4. The number of hydrogen-bond donors (Lipinski definition) is 1. The number of aliphatic carboxylic acids is 1. The van der Waals surface area contributed by atoms with Crippen LogP contribution in [0.25, 0.3) is 0 Å². The van der Waals surface area contributed by atoms with Crippen molar-refractivity contribution >= 4 is 11.9 Å². The molecule has 20 heavy (non-hydrogen) atoms. The largest absolute Gasteiger partial charge is 0.481 e. The van der Waals surface area contributed by atoms with Gasteiger partial charge in [0, 0.05) is 12.0 Å². The Morgan fingerprint density at radius 1 is 1.35 bits per heavy atom. The molecule has 0 spiro atoms. The maximum atomic E-state index is 11.6. The van der Waals surface area contributed by atoms with E-state index in [0.29, 0.717) is 5.56 Å². The third kappa shape index (κ3) is 2.96. The molecular weight excluding hydrogens is 256 g/mol. The monoisotopic (exact) mass is 272 g/mol. The zero-order valence-electron chi connectivity index (χ0n) is 11.1. The van der Waals surface area contributed by atoms with Crippen molar-refractivity contribution in [3.8, 4) is 0 Å². The van der Waals surface area contributed by atoms with Crippen molar-refractivity contribution in [2.75, 3.05) is 0 Å². The van der Waals surface area contributed by atoms with Gasteiger partial charge in [0.15, 0.2) is 0 Å². The summed E-state index contributed by atoms with van der Waals surface area (Å²) in [5.74, 6) is -2.54. The van der Waals surface area contributed by atoms with Crippen LogP contribution in [0.5, 0.6) is 0 Å². The predicted molar refractivity (Wildman–Crippen MR) is 74.1 cm³/mol. The molecule has 0 bridgehead atoms. The van der Waals surface area contributed by atoms with E-state index in [2.05, 4.69) is 0 Å². The van der Waals surface area contributed by atoms with Crippen LogP contribution in [0.1, 0.15) is 18.4 Å². The van der Waals surface area contributed by atoms with Crippen LogP contribution >= 0.6 is 0 Å². The number of rotatable bonds is 4. The van der Waals surface area contributed by atoms with E-state index in [1.807, 2.05) is 13.0 Å². The summed E-state index contributed by atoms with van der Waals surface area (Å²) in [5, 5.41) is 9.53. The van der Waals surface area contributed by atoms with Crippen LogP contribution in [0.4, 0.5) is 0 Å². The first-order valence-electron chi connectivity index (χ1n) is 6.43. The number of benzene rings is 1. The van der Waals surface area contributed by atoms with Crippen molar-refractivity contribution in [3.05, 3.63) is 60.2 Å². The standard InChI is InChI=1S/C16H16O4/c1-2-6-13-12(9-10-14(17)20-13)15(16(18)19)11-7-4-3-5-8-11/h2-10,12-13,15H,1H3,(H,18,19)/b6-2+/t12-,13+,15?/m1/s1. The van der Waals surface area contributed by atoms with E-state index in [-0.39, 0.29) is 0 Å². The number of cyclic esters (lactones) is 1. The maximum Gasteiger partial charge on any atom is 0.331 e. The Kier molecular flexibility index (Phi) is 4.35. The summed E-state index contributed by atoms with van der Waals surface area (Å²) < 4.78 is 5.22. The highest BCUT2D eigenvalue weighted by molar-refractivity contribution is 5.84. The Bertz CT molecular complexity index is 545. The van der Waals surface area contributed by atoms with Gasteiger partial charge in [0.1, 0.15) is 6.10 Å². The highest BCUT2D eigenvalue weighted by atomic mass is 16.5. The van der Waals surface area contributed by atoms with Gasteiger partial charge < -0.3 is 9.84 Å². The fourth-order valence-electron chi connectivity index (χ4n) is 2.40. The SMILES string of the molecule is C/C=C/[C@@H]1OC(=O)C=C[C@H]1C(C(=O)O)c1ccccc1. The molecule has 1 heterocycles. The van der Waals surface area contributed by atoms with Crippen LogP contribution in [0, 0.1) is 5.92 Å². The molecule has 0 saturated carbocycles. The predicted octanol–water partition coefficient (Wildman–Crippen LogP) is 2.53. The Morgan fingerprint density at radius 2 is 2.05 bits per heavy atom. The fourth-order valence-corrected chi connectivity index (χ4v) is 2.40. The summed E-state index contributed by atoms with van der Waals surface area (Å²) in [5.41, 5.74) is 0.696. The van der Waals surface area contributed by atoms with E-state index < -0.39 is 29.9 Å². The van der Waals surface area contributed by atoms with Gasteiger partial charge in [-0.15, -0.1) is 0 Å². The van der Waals surface area contributed by atoms with Crippen molar-refractivity contribution < 1.29 is 19.4 Å². The molecule has 4 heteroatoms. The summed E-state index contributed by atoms with van der Waals surface area (Å²) in [6.45, 7) is 1.81. The minimum Gasteiger partial charge on any atom is -0.481 e. The zero-order valence-corrected chi connectivity index (χ0v) is 11.1. The van der Waals surface area contributed by atoms with Crippen molar-refractivity contribution in [2.45, 2.75) is 18.9 Å². The molecule has 1 aliphatic heterocycles. The molecule has 0 amide bonds. The van der Waals surface area contributed by atoms with Gasteiger partial charge in [0.25, 0.3) is 0 Å². The van der Waals surface area contributed by atoms with Crippen LogP contribution in [0.15, 0.2) is 54.6 Å².